The maximum Gasteiger partial charge on any atom is 0.256 e. The SMILES string of the molecule is C=CCN(CC=C)C(=O)c1cncc(O)c1. The van der Waals surface area contributed by atoms with Gasteiger partial charge in [-0.25, -0.2) is 0 Å². The summed E-state index contributed by atoms with van der Waals surface area (Å²) in [6.07, 6.45) is 5.97. The quantitative estimate of drug-likeness (QED) is 0.764. The Morgan fingerprint density at radius 3 is 2.50 bits per heavy atom. The molecular formula is C12H14N2O2. The van der Waals surface area contributed by atoms with Crippen molar-refractivity contribution in [3.8, 4) is 5.75 Å². The van der Waals surface area contributed by atoms with Gasteiger partial charge in [0.25, 0.3) is 5.91 Å². The number of nitrogens with zero attached hydrogens (tertiary/aromatic N) is 2. The fourth-order valence-electron chi connectivity index (χ4n) is 1.28. The van der Waals surface area contributed by atoms with E-state index in [4.69, 9.17) is 0 Å². The van der Waals surface area contributed by atoms with E-state index in [9.17, 15) is 9.90 Å². The Morgan fingerprint density at radius 2 is 2.00 bits per heavy atom. The highest BCUT2D eigenvalue weighted by atomic mass is 16.3. The fraction of sp³-hybridized carbons (Fsp3) is 0.167. The summed E-state index contributed by atoms with van der Waals surface area (Å²) < 4.78 is 0. The second-order valence-corrected chi connectivity index (χ2v) is 3.22. The van der Waals surface area contributed by atoms with Crippen molar-refractivity contribution < 1.29 is 9.90 Å². The van der Waals surface area contributed by atoms with Crippen molar-refractivity contribution in [3.05, 3.63) is 49.3 Å². The fourth-order valence-corrected chi connectivity index (χ4v) is 1.28. The first-order valence-electron chi connectivity index (χ1n) is 4.84. The molecule has 0 unspecified atom stereocenters. The number of amides is 1. The van der Waals surface area contributed by atoms with E-state index in [0.717, 1.165) is 0 Å². The number of carbonyl (C=O) groups excluding carboxylic acids is 1. The smallest absolute Gasteiger partial charge is 0.256 e. The van der Waals surface area contributed by atoms with Crippen molar-refractivity contribution in [2.75, 3.05) is 13.1 Å². The summed E-state index contributed by atoms with van der Waals surface area (Å²) >= 11 is 0. The zero-order valence-corrected chi connectivity index (χ0v) is 8.97. The van der Waals surface area contributed by atoms with Crippen molar-refractivity contribution >= 4 is 5.91 Å². The van der Waals surface area contributed by atoms with Crippen LogP contribution in [0.4, 0.5) is 0 Å². The van der Waals surface area contributed by atoms with Gasteiger partial charge in [-0.2, -0.15) is 0 Å². The van der Waals surface area contributed by atoms with Crippen molar-refractivity contribution in [2.24, 2.45) is 0 Å². The highest BCUT2D eigenvalue weighted by Gasteiger charge is 2.13. The second kappa shape index (κ2) is 5.70. The van der Waals surface area contributed by atoms with Crippen molar-refractivity contribution in [1.29, 1.82) is 0 Å². The second-order valence-electron chi connectivity index (χ2n) is 3.22. The van der Waals surface area contributed by atoms with Crippen molar-refractivity contribution in [2.45, 2.75) is 0 Å². The lowest BCUT2D eigenvalue weighted by Crippen LogP contribution is -2.31. The van der Waals surface area contributed by atoms with E-state index in [2.05, 4.69) is 18.1 Å². The molecule has 0 fully saturated rings. The van der Waals surface area contributed by atoms with Crippen LogP contribution < -0.4 is 0 Å². The van der Waals surface area contributed by atoms with Crippen LogP contribution in [0.3, 0.4) is 0 Å². The van der Waals surface area contributed by atoms with Gasteiger partial charge in [-0.15, -0.1) is 13.2 Å². The normalized spacial score (nSPS) is 9.50. The van der Waals surface area contributed by atoms with Gasteiger partial charge in [0.15, 0.2) is 0 Å². The van der Waals surface area contributed by atoms with E-state index in [1.54, 1.807) is 17.1 Å². The third kappa shape index (κ3) is 2.95. The molecule has 1 aromatic rings. The summed E-state index contributed by atoms with van der Waals surface area (Å²) in [5.41, 5.74) is 0.351. The minimum Gasteiger partial charge on any atom is -0.506 e. The van der Waals surface area contributed by atoms with Crippen LogP contribution in [-0.4, -0.2) is 34.0 Å². The lowest BCUT2D eigenvalue weighted by molar-refractivity contribution is 0.0790. The molecule has 1 aromatic heterocycles. The van der Waals surface area contributed by atoms with E-state index in [0.29, 0.717) is 18.7 Å². The minimum atomic E-state index is -0.205. The molecule has 0 atom stereocenters. The lowest BCUT2D eigenvalue weighted by Gasteiger charge is -2.18. The Bertz CT molecular complexity index is 392. The molecule has 0 aromatic carbocycles. The van der Waals surface area contributed by atoms with Crippen LogP contribution in [-0.2, 0) is 0 Å². The molecule has 0 saturated heterocycles. The average Bonchev–Trinajstić information content (AvgIpc) is 2.28. The molecule has 1 rings (SSSR count). The summed E-state index contributed by atoms with van der Waals surface area (Å²) in [5, 5.41) is 9.23. The molecule has 16 heavy (non-hydrogen) atoms. The first kappa shape index (κ1) is 12.0. The Morgan fingerprint density at radius 1 is 1.38 bits per heavy atom. The van der Waals surface area contributed by atoms with Crippen LogP contribution in [0.5, 0.6) is 5.75 Å². The molecule has 0 aliphatic carbocycles. The number of rotatable bonds is 5. The Kier molecular flexibility index (Phi) is 4.27. The molecule has 0 radical (unpaired) electrons. The van der Waals surface area contributed by atoms with Crippen LogP contribution in [0.1, 0.15) is 10.4 Å². The number of aromatic nitrogens is 1. The monoisotopic (exact) mass is 218 g/mol. The van der Waals surface area contributed by atoms with Crippen LogP contribution in [0.15, 0.2) is 43.8 Å². The Balaban J connectivity index is 2.89. The van der Waals surface area contributed by atoms with E-state index >= 15 is 0 Å². The van der Waals surface area contributed by atoms with Gasteiger partial charge in [0.2, 0.25) is 0 Å². The van der Waals surface area contributed by atoms with Crippen LogP contribution in [0, 0.1) is 0 Å². The molecule has 4 nitrogen and oxygen atoms in total. The van der Waals surface area contributed by atoms with Crippen LogP contribution in [0.2, 0.25) is 0 Å². The lowest BCUT2D eigenvalue weighted by atomic mass is 10.2. The minimum absolute atomic E-state index is 0.0250. The third-order valence-electron chi connectivity index (χ3n) is 1.96. The van der Waals surface area contributed by atoms with Gasteiger partial charge in [0, 0.05) is 19.3 Å². The van der Waals surface area contributed by atoms with Gasteiger partial charge < -0.3 is 10.0 Å². The van der Waals surface area contributed by atoms with Gasteiger partial charge in [-0.05, 0) is 6.07 Å². The van der Waals surface area contributed by atoms with E-state index in [-0.39, 0.29) is 11.7 Å². The largest absolute Gasteiger partial charge is 0.506 e. The summed E-state index contributed by atoms with van der Waals surface area (Å²) in [4.78, 5) is 17.3. The van der Waals surface area contributed by atoms with Crippen molar-refractivity contribution in [1.82, 2.24) is 9.88 Å². The molecule has 4 heteroatoms. The molecule has 0 aliphatic heterocycles. The number of pyridine rings is 1. The zero-order valence-electron chi connectivity index (χ0n) is 8.97. The third-order valence-corrected chi connectivity index (χ3v) is 1.96. The summed E-state index contributed by atoms with van der Waals surface area (Å²) in [6.45, 7) is 8.03. The first-order valence-corrected chi connectivity index (χ1v) is 4.84. The topological polar surface area (TPSA) is 53.4 Å². The first-order chi connectivity index (χ1) is 7.69. The summed E-state index contributed by atoms with van der Waals surface area (Å²) in [6, 6.07) is 1.38. The number of hydrogen-bond acceptors (Lipinski definition) is 3. The molecule has 0 bridgehead atoms. The molecule has 1 heterocycles. The molecule has 84 valence electrons. The predicted octanol–water partition coefficient (Wildman–Crippen LogP) is 1.60. The number of hydrogen-bond donors (Lipinski definition) is 1. The Labute approximate surface area is 94.5 Å². The summed E-state index contributed by atoms with van der Waals surface area (Å²) in [5.74, 6) is -0.230. The van der Waals surface area contributed by atoms with Gasteiger partial charge in [-0.3, -0.25) is 9.78 Å². The standard InChI is InChI=1S/C12H14N2O2/c1-3-5-14(6-4-2)12(16)10-7-11(15)9-13-8-10/h3-4,7-9,15H,1-2,5-6H2. The highest BCUT2D eigenvalue weighted by molar-refractivity contribution is 5.94. The van der Waals surface area contributed by atoms with E-state index in [1.165, 1.54) is 18.5 Å². The number of aromatic hydroxyl groups is 1. The maximum atomic E-state index is 12.0. The highest BCUT2D eigenvalue weighted by Crippen LogP contribution is 2.11. The molecule has 0 aliphatic rings. The van der Waals surface area contributed by atoms with Crippen LogP contribution >= 0.6 is 0 Å². The van der Waals surface area contributed by atoms with E-state index < -0.39 is 0 Å². The van der Waals surface area contributed by atoms with Gasteiger partial charge in [-0.1, -0.05) is 12.2 Å². The van der Waals surface area contributed by atoms with Gasteiger partial charge >= 0.3 is 0 Å². The zero-order chi connectivity index (χ0) is 12.0. The Hall–Kier alpha value is -2.10. The molecule has 1 amide bonds. The van der Waals surface area contributed by atoms with Crippen LogP contribution in [0.25, 0.3) is 0 Å². The maximum absolute atomic E-state index is 12.0. The average molecular weight is 218 g/mol. The van der Waals surface area contributed by atoms with E-state index in [1.807, 2.05) is 0 Å². The molecule has 0 spiro atoms. The van der Waals surface area contributed by atoms with Crippen molar-refractivity contribution in [3.63, 3.8) is 0 Å². The molecular weight excluding hydrogens is 204 g/mol. The van der Waals surface area contributed by atoms with Gasteiger partial charge in [0.1, 0.15) is 5.75 Å². The molecule has 0 saturated carbocycles. The number of carbonyl (C=O) groups is 1. The summed E-state index contributed by atoms with van der Waals surface area (Å²) in [7, 11) is 0. The van der Waals surface area contributed by atoms with Gasteiger partial charge in [0.05, 0.1) is 11.8 Å². The predicted molar refractivity (Wildman–Crippen MR) is 62.2 cm³/mol. The molecule has 1 N–H and O–H groups in total.